The van der Waals surface area contributed by atoms with Crippen LogP contribution in [0.1, 0.15) is 26.2 Å². The summed E-state index contributed by atoms with van der Waals surface area (Å²) >= 11 is 0. The average Bonchev–Trinajstić information content (AvgIpc) is 2.61. The quantitative estimate of drug-likeness (QED) is 0.777. The monoisotopic (exact) mass is 326 g/mol. The number of anilines is 1. The number of nitrogens with one attached hydrogen (secondary N) is 2. The molecule has 0 unspecified atom stereocenters. The summed E-state index contributed by atoms with van der Waals surface area (Å²) in [5.41, 5.74) is 0.656. The Morgan fingerprint density at radius 1 is 0.917 bits per heavy atom. The van der Waals surface area contributed by atoms with Gasteiger partial charge in [-0.3, -0.25) is 9.59 Å². The molecule has 0 spiro atoms. The molecule has 2 amide bonds. The van der Waals surface area contributed by atoms with Gasteiger partial charge in [-0.15, -0.1) is 0 Å². The lowest BCUT2D eigenvalue weighted by Crippen LogP contribution is -2.32. The van der Waals surface area contributed by atoms with Crippen molar-refractivity contribution in [1.82, 2.24) is 5.32 Å². The van der Waals surface area contributed by atoms with Crippen LogP contribution >= 0.6 is 0 Å². The van der Waals surface area contributed by atoms with E-state index in [9.17, 15) is 9.59 Å². The normalized spacial score (nSPS) is 10.0. The van der Waals surface area contributed by atoms with E-state index in [2.05, 4.69) is 10.6 Å². The van der Waals surface area contributed by atoms with Crippen LogP contribution in [0, 0.1) is 0 Å². The van der Waals surface area contributed by atoms with Gasteiger partial charge in [-0.2, -0.15) is 0 Å². The second-order valence-corrected chi connectivity index (χ2v) is 5.37. The molecule has 0 heterocycles. The zero-order valence-corrected chi connectivity index (χ0v) is 13.7. The molecule has 2 aromatic carbocycles. The number of ether oxygens (including phenoxy) is 1. The van der Waals surface area contributed by atoms with Crippen molar-refractivity contribution < 1.29 is 14.3 Å². The first-order valence-corrected chi connectivity index (χ1v) is 8.07. The minimum Gasteiger partial charge on any atom is -0.457 e. The SMILES string of the molecule is CCCCC(=O)NCC(=O)Nc1ccc(Oc2ccccc2)cc1. The number of hydrogen-bond donors (Lipinski definition) is 2. The van der Waals surface area contributed by atoms with Gasteiger partial charge in [-0.25, -0.2) is 0 Å². The second-order valence-electron chi connectivity index (χ2n) is 5.37. The fourth-order valence-corrected chi connectivity index (χ4v) is 2.04. The van der Waals surface area contributed by atoms with Gasteiger partial charge in [0.2, 0.25) is 11.8 Å². The maximum Gasteiger partial charge on any atom is 0.243 e. The van der Waals surface area contributed by atoms with E-state index in [0.29, 0.717) is 17.9 Å². The van der Waals surface area contributed by atoms with E-state index in [1.165, 1.54) is 0 Å². The van der Waals surface area contributed by atoms with Crippen LogP contribution < -0.4 is 15.4 Å². The van der Waals surface area contributed by atoms with Crippen molar-refractivity contribution in [2.24, 2.45) is 0 Å². The molecule has 0 radical (unpaired) electrons. The van der Waals surface area contributed by atoms with E-state index >= 15 is 0 Å². The van der Waals surface area contributed by atoms with Crippen molar-refractivity contribution in [3.63, 3.8) is 0 Å². The van der Waals surface area contributed by atoms with Gasteiger partial charge in [0.1, 0.15) is 11.5 Å². The fraction of sp³-hybridized carbons (Fsp3) is 0.263. The zero-order valence-electron chi connectivity index (χ0n) is 13.7. The first-order chi connectivity index (χ1) is 11.7. The van der Waals surface area contributed by atoms with Crippen molar-refractivity contribution in [3.8, 4) is 11.5 Å². The molecular weight excluding hydrogens is 304 g/mol. The molecule has 0 bridgehead atoms. The van der Waals surface area contributed by atoms with Crippen LogP contribution in [0.5, 0.6) is 11.5 Å². The molecule has 0 fully saturated rings. The highest BCUT2D eigenvalue weighted by molar-refractivity contribution is 5.94. The average molecular weight is 326 g/mol. The third-order valence-corrected chi connectivity index (χ3v) is 3.32. The predicted octanol–water partition coefficient (Wildman–Crippen LogP) is 3.72. The smallest absolute Gasteiger partial charge is 0.243 e. The predicted molar refractivity (Wildman–Crippen MR) is 94.1 cm³/mol. The summed E-state index contributed by atoms with van der Waals surface area (Å²) in [6.45, 7) is 2.00. The van der Waals surface area contributed by atoms with Gasteiger partial charge in [0.15, 0.2) is 0 Å². The third kappa shape index (κ3) is 6.12. The van der Waals surface area contributed by atoms with Gasteiger partial charge in [0.25, 0.3) is 0 Å². The second kappa shape index (κ2) is 9.35. The molecular formula is C19H22N2O3. The van der Waals surface area contributed by atoms with Crippen molar-refractivity contribution in [3.05, 3.63) is 54.6 Å². The molecule has 0 saturated carbocycles. The number of benzene rings is 2. The molecule has 5 nitrogen and oxygen atoms in total. The molecule has 0 atom stereocenters. The Hall–Kier alpha value is -2.82. The number of unbranched alkanes of at least 4 members (excludes halogenated alkanes) is 1. The first-order valence-electron chi connectivity index (χ1n) is 8.07. The highest BCUT2D eigenvalue weighted by Gasteiger charge is 2.06. The van der Waals surface area contributed by atoms with Crippen LogP contribution in [0.2, 0.25) is 0 Å². The molecule has 2 aromatic rings. The molecule has 5 heteroatoms. The number of amides is 2. The van der Waals surface area contributed by atoms with Crippen molar-refractivity contribution in [2.75, 3.05) is 11.9 Å². The van der Waals surface area contributed by atoms with E-state index < -0.39 is 0 Å². The van der Waals surface area contributed by atoms with Gasteiger partial charge < -0.3 is 15.4 Å². The summed E-state index contributed by atoms with van der Waals surface area (Å²) in [5, 5.41) is 5.34. The molecule has 0 aliphatic heterocycles. The summed E-state index contributed by atoms with van der Waals surface area (Å²) in [6, 6.07) is 16.5. The number of hydrogen-bond acceptors (Lipinski definition) is 3. The molecule has 126 valence electrons. The summed E-state index contributed by atoms with van der Waals surface area (Å²) < 4.78 is 5.69. The molecule has 2 rings (SSSR count). The van der Waals surface area contributed by atoms with E-state index in [1.807, 2.05) is 37.3 Å². The lowest BCUT2D eigenvalue weighted by molar-refractivity contribution is -0.124. The first kappa shape index (κ1) is 17.5. The Kier molecular flexibility index (Phi) is 6.83. The van der Waals surface area contributed by atoms with Crippen LogP contribution in [0.3, 0.4) is 0 Å². The maximum atomic E-state index is 11.8. The third-order valence-electron chi connectivity index (χ3n) is 3.32. The molecule has 24 heavy (non-hydrogen) atoms. The Morgan fingerprint density at radius 3 is 2.25 bits per heavy atom. The minimum absolute atomic E-state index is 0.0230. The Balaban J connectivity index is 1.78. The highest BCUT2D eigenvalue weighted by Crippen LogP contribution is 2.22. The summed E-state index contributed by atoms with van der Waals surface area (Å²) in [4.78, 5) is 23.3. The molecule has 0 aromatic heterocycles. The van der Waals surface area contributed by atoms with E-state index in [0.717, 1.165) is 18.6 Å². The van der Waals surface area contributed by atoms with E-state index in [4.69, 9.17) is 4.74 Å². The topological polar surface area (TPSA) is 67.4 Å². The summed E-state index contributed by atoms with van der Waals surface area (Å²) in [5.74, 6) is 1.09. The maximum absolute atomic E-state index is 11.8. The lowest BCUT2D eigenvalue weighted by Gasteiger charge is -2.09. The fourth-order valence-electron chi connectivity index (χ4n) is 2.04. The number of carbonyl (C=O) groups is 2. The summed E-state index contributed by atoms with van der Waals surface area (Å²) in [6.07, 6.45) is 2.24. The Morgan fingerprint density at radius 2 is 1.58 bits per heavy atom. The Bertz CT molecular complexity index is 654. The van der Waals surface area contributed by atoms with Crippen LogP contribution in [0.15, 0.2) is 54.6 Å². The molecule has 0 saturated heterocycles. The van der Waals surface area contributed by atoms with Gasteiger partial charge >= 0.3 is 0 Å². The van der Waals surface area contributed by atoms with Gasteiger partial charge in [0, 0.05) is 12.1 Å². The van der Waals surface area contributed by atoms with Gasteiger partial charge in [0.05, 0.1) is 6.54 Å². The van der Waals surface area contributed by atoms with Crippen molar-refractivity contribution >= 4 is 17.5 Å². The summed E-state index contributed by atoms with van der Waals surface area (Å²) in [7, 11) is 0. The largest absolute Gasteiger partial charge is 0.457 e. The number of rotatable bonds is 8. The van der Waals surface area contributed by atoms with Crippen LogP contribution in [0.4, 0.5) is 5.69 Å². The zero-order chi connectivity index (χ0) is 17.2. The molecule has 0 aliphatic rings. The van der Waals surface area contributed by atoms with Crippen LogP contribution in [-0.2, 0) is 9.59 Å². The van der Waals surface area contributed by atoms with Crippen LogP contribution in [0.25, 0.3) is 0 Å². The van der Waals surface area contributed by atoms with Crippen LogP contribution in [-0.4, -0.2) is 18.4 Å². The Labute approximate surface area is 142 Å². The van der Waals surface area contributed by atoms with Crippen molar-refractivity contribution in [1.29, 1.82) is 0 Å². The molecule has 2 N–H and O–H groups in total. The lowest BCUT2D eigenvalue weighted by atomic mass is 10.2. The van der Waals surface area contributed by atoms with E-state index in [1.54, 1.807) is 24.3 Å². The standard InChI is InChI=1S/C19H22N2O3/c1-2-3-9-18(22)20-14-19(23)21-15-10-12-17(13-11-15)24-16-7-5-4-6-8-16/h4-8,10-13H,2-3,9,14H2,1H3,(H,20,22)(H,21,23). The van der Waals surface area contributed by atoms with E-state index in [-0.39, 0.29) is 18.4 Å². The highest BCUT2D eigenvalue weighted by atomic mass is 16.5. The van der Waals surface area contributed by atoms with Gasteiger partial charge in [-0.1, -0.05) is 31.5 Å². The number of carbonyl (C=O) groups excluding carboxylic acids is 2. The molecule has 0 aliphatic carbocycles. The number of para-hydroxylation sites is 1. The van der Waals surface area contributed by atoms with Gasteiger partial charge in [-0.05, 0) is 42.8 Å². The van der Waals surface area contributed by atoms with Crippen molar-refractivity contribution in [2.45, 2.75) is 26.2 Å². The minimum atomic E-state index is -0.253.